The number of ketones is 1. The van der Waals surface area contributed by atoms with E-state index in [1.54, 1.807) is 12.2 Å². The van der Waals surface area contributed by atoms with Gasteiger partial charge in [0.2, 0.25) is 0 Å². The van der Waals surface area contributed by atoms with Crippen LogP contribution < -0.4 is 0 Å². The number of carbonyl (C=O) groups excluding carboxylic acids is 1. The largest absolute Gasteiger partial charge is 0.365 e. The summed E-state index contributed by atoms with van der Waals surface area (Å²) in [5.74, 6) is 0.0535. The van der Waals surface area contributed by atoms with Crippen LogP contribution in [0.4, 0.5) is 0 Å². The minimum atomic E-state index is -1.38. The van der Waals surface area contributed by atoms with Gasteiger partial charge in [-0.2, -0.15) is 0 Å². The van der Waals surface area contributed by atoms with Crippen LogP contribution in [-0.4, -0.2) is 22.3 Å². The van der Waals surface area contributed by atoms with E-state index in [1.807, 2.05) is 0 Å². The molecule has 66 valence electrons. The number of hydrogen-bond acceptors (Lipinski definition) is 3. The molecule has 3 heteroatoms. The Morgan fingerprint density at radius 3 is 2.42 bits per heavy atom. The Balaban J connectivity index is 2.73. The lowest BCUT2D eigenvalue weighted by Crippen LogP contribution is -2.12. The molecule has 0 spiro atoms. The molecule has 3 nitrogen and oxygen atoms in total. The fraction of sp³-hybridized carbons (Fsp3) is 0.444. The zero-order valence-corrected chi connectivity index (χ0v) is 6.95. The van der Waals surface area contributed by atoms with E-state index >= 15 is 0 Å². The maximum absolute atomic E-state index is 10.9. The van der Waals surface area contributed by atoms with E-state index < -0.39 is 6.29 Å². The third-order valence-electron chi connectivity index (χ3n) is 1.97. The summed E-state index contributed by atoms with van der Waals surface area (Å²) in [4.78, 5) is 10.9. The summed E-state index contributed by atoms with van der Waals surface area (Å²) in [7, 11) is 0. The van der Waals surface area contributed by atoms with Crippen LogP contribution in [0.1, 0.15) is 19.8 Å². The van der Waals surface area contributed by atoms with Crippen molar-refractivity contribution in [3.63, 3.8) is 0 Å². The highest BCUT2D eigenvalue weighted by Crippen LogP contribution is 2.20. The first-order valence-electron chi connectivity index (χ1n) is 3.88. The van der Waals surface area contributed by atoms with Gasteiger partial charge >= 0.3 is 0 Å². The predicted octanol–water partition coefficient (Wildman–Crippen LogP) is 0.533. The Kier molecular flexibility index (Phi) is 2.78. The van der Waals surface area contributed by atoms with E-state index in [2.05, 4.69) is 0 Å². The minimum Gasteiger partial charge on any atom is -0.365 e. The van der Waals surface area contributed by atoms with Gasteiger partial charge in [-0.05, 0) is 30.9 Å². The predicted molar refractivity (Wildman–Crippen MR) is 44.3 cm³/mol. The number of aliphatic hydroxyl groups is 2. The molecule has 2 N–H and O–H groups in total. The number of aliphatic hydroxyl groups excluding tert-OH is 1. The van der Waals surface area contributed by atoms with E-state index in [0.29, 0.717) is 18.4 Å². The molecule has 0 saturated carbocycles. The van der Waals surface area contributed by atoms with Gasteiger partial charge in [0.05, 0.1) is 0 Å². The number of Topliss-reactive ketones (excluding diaryl/α,β-unsaturated/α-hetero) is 1. The van der Waals surface area contributed by atoms with Crippen molar-refractivity contribution in [2.75, 3.05) is 0 Å². The summed E-state index contributed by atoms with van der Waals surface area (Å²) in [5.41, 5.74) is 1.32. The number of rotatable bonds is 2. The lowest BCUT2D eigenvalue weighted by Gasteiger charge is -2.13. The highest BCUT2D eigenvalue weighted by atomic mass is 16.5. The van der Waals surface area contributed by atoms with E-state index in [9.17, 15) is 4.79 Å². The molecule has 0 fully saturated rings. The SMILES string of the molecule is CC(=O)C1=CC=C(C(O)O)CC1. The maximum Gasteiger partial charge on any atom is 0.174 e. The van der Waals surface area contributed by atoms with Crippen molar-refractivity contribution in [1.29, 1.82) is 0 Å². The Bertz CT molecular complexity index is 248. The van der Waals surface area contributed by atoms with Gasteiger partial charge in [0.15, 0.2) is 12.1 Å². The molecule has 0 aliphatic heterocycles. The summed E-state index contributed by atoms with van der Waals surface area (Å²) < 4.78 is 0. The molecule has 0 bridgehead atoms. The fourth-order valence-corrected chi connectivity index (χ4v) is 1.16. The van der Waals surface area contributed by atoms with Crippen molar-refractivity contribution in [1.82, 2.24) is 0 Å². The molecule has 0 saturated heterocycles. The molecule has 0 unspecified atom stereocenters. The average molecular weight is 168 g/mol. The van der Waals surface area contributed by atoms with Crippen LogP contribution in [0, 0.1) is 0 Å². The number of carbonyl (C=O) groups is 1. The second kappa shape index (κ2) is 3.65. The van der Waals surface area contributed by atoms with Crippen LogP contribution in [0.5, 0.6) is 0 Å². The summed E-state index contributed by atoms with van der Waals surface area (Å²) in [6.45, 7) is 1.51. The molecule has 0 aromatic rings. The Hall–Kier alpha value is -0.930. The average Bonchev–Trinajstić information content (AvgIpc) is 2.04. The summed E-state index contributed by atoms with van der Waals surface area (Å²) >= 11 is 0. The van der Waals surface area contributed by atoms with Crippen LogP contribution in [0.25, 0.3) is 0 Å². The van der Waals surface area contributed by atoms with Gasteiger partial charge in [0.1, 0.15) is 0 Å². The first-order chi connectivity index (χ1) is 5.61. The smallest absolute Gasteiger partial charge is 0.174 e. The van der Waals surface area contributed by atoms with Crippen molar-refractivity contribution in [3.8, 4) is 0 Å². The molecule has 0 heterocycles. The monoisotopic (exact) mass is 168 g/mol. The molecule has 0 aromatic carbocycles. The maximum atomic E-state index is 10.9. The fourth-order valence-electron chi connectivity index (χ4n) is 1.16. The summed E-state index contributed by atoms with van der Waals surface area (Å²) in [5, 5.41) is 17.6. The Morgan fingerprint density at radius 2 is 2.08 bits per heavy atom. The first-order valence-corrected chi connectivity index (χ1v) is 3.88. The zero-order chi connectivity index (χ0) is 9.14. The third-order valence-corrected chi connectivity index (χ3v) is 1.97. The lowest BCUT2D eigenvalue weighted by molar-refractivity contribution is -0.113. The highest BCUT2D eigenvalue weighted by molar-refractivity contribution is 5.93. The highest BCUT2D eigenvalue weighted by Gasteiger charge is 2.13. The van der Waals surface area contributed by atoms with Gasteiger partial charge in [-0.15, -0.1) is 0 Å². The van der Waals surface area contributed by atoms with Crippen LogP contribution in [0.15, 0.2) is 23.3 Å². The first kappa shape index (κ1) is 9.16. The van der Waals surface area contributed by atoms with Crippen molar-refractivity contribution >= 4 is 5.78 Å². The van der Waals surface area contributed by atoms with E-state index in [4.69, 9.17) is 10.2 Å². The van der Waals surface area contributed by atoms with Gasteiger partial charge in [0.25, 0.3) is 0 Å². The van der Waals surface area contributed by atoms with Crippen LogP contribution in [0.3, 0.4) is 0 Å². The number of allylic oxidation sites excluding steroid dienone is 3. The van der Waals surface area contributed by atoms with E-state index in [0.717, 1.165) is 5.57 Å². The van der Waals surface area contributed by atoms with Crippen molar-refractivity contribution in [2.24, 2.45) is 0 Å². The molecule has 0 amide bonds. The second-order valence-electron chi connectivity index (χ2n) is 2.86. The molecule has 1 rings (SSSR count). The van der Waals surface area contributed by atoms with Crippen LogP contribution in [-0.2, 0) is 4.79 Å². The summed E-state index contributed by atoms with van der Waals surface area (Å²) in [6, 6.07) is 0. The van der Waals surface area contributed by atoms with Gasteiger partial charge < -0.3 is 10.2 Å². The molecule has 12 heavy (non-hydrogen) atoms. The normalized spacial score (nSPS) is 17.3. The topological polar surface area (TPSA) is 57.5 Å². The van der Waals surface area contributed by atoms with Crippen molar-refractivity contribution < 1.29 is 15.0 Å². The van der Waals surface area contributed by atoms with Crippen molar-refractivity contribution in [2.45, 2.75) is 26.1 Å². The Labute approximate surface area is 71.0 Å². The third kappa shape index (κ3) is 2.03. The molecule has 1 aliphatic carbocycles. The van der Waals surface area contributed by atoms with Gasteiger partial charge in [-0.1, -0.05) is 12.2 Å². The van der Waals surface area contributed by atoms with E-state index in [-0.39, 0.29) is 5.78 Å². The lowest BCUT2D eigenvalue weighted by atomic mass is 9.96. The molecule has 0 radical (unpaired) electrons. The minimum absolute atomic E-state index is 0.0535. The zero-order valence-electron chi connectivity index (χ0n) is 6.95. The van der Waals surface area contributed by atoms with Crippen molar-refractivity contribution in [3.05, 3.63) is 23.3 Å². The van der Waals surface area contributed by atoms with Crippen LogP contribution >= 0.6 is 0 Å². The second-order valence-corrected chi connectivity index (χ2v) is 2.86. The molecule has 1 aliphatic rings. The molecule has 0 atom stereocenters. The van der Waals surface area contributed by atoms with E-state index in [1.165, 1.54) is 6.92 Å². The molecular weight excluding hydrogens is 156 g/mol. The van der Waals surface area contributed by atoms with Crippen LogP contribution in [0.2, 0.25) is 0 Å². The van der Waals surface area contributed by atoms with Gasteiger partial charge in [-0.25, -0.2) is 0 Å². The quantitative estimate of drug-likeness (QED) is 0.591. The van der Waals surface area contributed by atoms with Gasteiger partial charge in [-0.3, -0.25) is 4.79 Å². The summed E-state index contributed by atoms with van der Waals surface area (Å²) in [6.07, 6.45) is 3.04. The Morgan fingerprint density at radius 1 is 1.42 bits per heavy atom. The standard InChI is InChI=1S/C9H12O3/c1-6(10)7-2-4-8(5-3-7)9(11)12/h2,4,9,11-12H,3,5H2,1H3. The van der Waals surface area contributed by atoms with Gasteiger partial charge in [0, 0.05) is 0 Å². The molecular formula is C9H12O3. The molecule has 0 aromatic heterocycles. The number of hydrogen-bond donors (Lipinski definition) is 2.